The maximum atomic E-state index is 5.62. The molecule has 0 aliphatic heterocycles. The second kappa shape index (κ2) is 15.0. The van der Waals surface area contributed by atoms with E-state index >= 15 is 0 Å². The zero-order valence-corrected chi connectivity index (χ0v) is 12.8. The third-order valence-corrected chi connectivity index (χ3v) is 3.68. The zero-order chi connectivity index (χ0) is 13.5. The number of unbranched alkanes of at least 4 members (excludes halogenated alkanes) is 12. The van der Waals surface area contributed by atoms with Crippen LogP contribution in [0, 0.1) is 6.92 Å². The molecule has 0 aliphatic rings. The summed E-state index contributed by atoms with van der Waals surface area (Å²) in [6.07, 6.45) is 19.5. The molecule has 1 heteroatoms. The van der Waals surface area contributed by atoms with Crippen molar-refractivity contribution in [2.45, 2.75) is 103 Å². The minimum Gasteiger partial charge on any atom is -0.328 e. The summed E-state index contributed by atoms with van der Waals surface area (Å²) in [6, 6.07) is 0.151. The molecule has 0 aromatic rings. The fourth-order valence-electron chi connectivity index (χ4n) is 2.42. The molecule has 0 saturated heterocycles. The van der Waals surface area contributed by atoms with Crippen molar-refractivity contribution in [3.63, 3.8) is 0 Å². The van der Waals surface area contributed by atoms with Crippen LogP contribution >= 0.6 is 0 Å². The first-order valence-electron chi connectivity index (χ1n) is 8.36. The quantitative estimate of drug-likeness (QED) is 0.399. The summed E-state index contributed by atoms with van der Waals surface area (Å²) in [5, 5.41) is 0. The third-order valence-electron chi connectivity index (χ3n) is 3.68. The summed E-state index contributed by atoms with van der Waals surface area (Å²) in [5.41, 5.74) is 5.62. The average Bonchev–Trinajstić information content (AvgIpc) is 2.34. The zero-order valence-electron chi connectivity index (χ0n) is 12.8. The molecule has 0 fully saturated rings. The molecule has 0 rings (SSSR count). The first kappa shape index (κ1) is 18.0. The van der Waals surface area contributed by atoms with Crippen molar-refractivity contribution >= 4 is 0 Å². The highest BCUT2D eigenvalue weighted by molar-refractivity contribution is 4.62. The van der Waals surface area contributed by atoms with Crippen LogP contribution in [0.1, 0.15) is 96.8 Å². The van der Waals surface area contributed by atoms with E-state index in [2.05, 4.69) is 13.8 Å². The predicted octanol–water partition coefficient (Wildman–Crippen LogP) is 5.63. The molecule has 0 heterocycles. The van der Waals surface area contributed by atoms with Crippen LogP contribution in [0.4, 0.5) is 0 Å². The van der Waals surface area contributed by atoms with E-state index in [1.807, 2.05) is 0 Å². The van der Waals surface area contributed by atoms with Crippen LogP contribution in [-0.4, -0.2) is 6.04 Å². The van der Waals surface area contributed by atoms with Gasteiger partial charge in [0.05, 0.1) is 0 Å². The van der Waals surface area contributed by atoms with Gasteiger partial charge in [-0.2, -0.15) is 0 Å². The largest absolute Gasteiger partial charge is 0.328 e. The van der Waals surface area contributed by atoms with E-state index in [9.17, 15) is 0 Å². The van der Waals surface area contributed by atoms with Gasteiger partial charge in [-0.05, 0) is 13.3 Å². The summed E-state index contributed by atoms with van der Waals surface area (Å²) in [5.74, 6) is 0. The Balaban J connectivity index is 2.90. The van der Waals surface area contributed by atoms with Gasteiger partial charge in [-0.15, -0.1) is 0 Å². The van der Waals surface area contributed by atoms with Crippen LogP contribution in [0.3, 0.4) is 0 Å². The molecule has 0 aliphatic carbocycles. The van der Waals surface area contributed by atoms with Crippen molar-refractivity contribution in [2.75, 3.05) is 0 Å². The second-order valence-corrected chi connectivity index (χ2v) is 5.79. The first-order valence-corrected chi connectivity index (χ1v) is 8.36. The van der Waals surface area contributed by atoms with E-state index in [0.29, 0.717) is 0 Å². The van der Waals surface area contributed by atoms with Gasteiger partial charge in [-0.1, -0.05) is 90.4 Å². The van der Waals surface area contributed by atoms with Crippen LogP contribution in [0.25, 0.3) is 0 Å². The number of rotatable bonds is 14. The minimum atomic E-state index is 0.151. The Morgan fingerprint density at radius 1 is 0.667 bits per heavy atom. The monoisotopic (exact) mass is 254 g/mol. The average molecular weight is 254 g/mol. The van der Waals surface area contributed by atoms with Crippen LogP contribution < -0.4 is 5.73 Å². The maximum absolute atomic E-state index is 5.62. The lowest BCUT2D eigenvalue weighted by molar-refractivity contribution is 0.530. The Hall–Kier alpha value is -0.0400. The Morgan fingerprint density at radius 3 is 1.33 bits per heavy atom. The fourth-order valence-corrected chi connectivity index (χ4v) is 2.42. The van der Waals surface area contributed by atoms with E-state index in [0.717, 1.165) is 6.42 Å². The summed E-state index contributed by atoms with van der Waals surface area (Å²) >= 11 is 0. The van der Waals surface area contributed by atoms with Crippen molar-refractivity contribution in [1.82, 2.24) is 0 Å². The highest BCUT2D eigenvalue weighted by Gasteiger charge is 1.95. The molecule has 109 valence electrons. The van der Waals surface area contributed by atoms with Crippen molar-refractivity contribution in [1.29, 1.82) is 0 Å². The van der Waals surface area contributed by atoms with Gasteiger partial charge in [0.15, 0.2) is 0 Å². The van der Waals surface area contributed by atoms with Gasteiger partial charge < -0.3 is 5.73 Å². The summed E-state index contributed by atoms with van der Waals surface area (Å²) in [4.78, 5) is 0. The SMILES string of the molecule is [CH2]C(N)CCCCCCCCCCCCCCC. The molecule has 18 heavy (non-hydrogen) atoms. The van der Waals surface area contributed by atoms with E-state index < -0.39 is 0 Å². The molecular formula is C17H36N. The molecule has 1 radical (unpaired) electrons. The molecule has 1 nitrogen and oxygen atoms in total. The Labute approximate surface area is 116 Å². The van der Waals surface area contributed by atoms with E-state index in [1.54, 1.807) is 0 Å². The number of hydrogen-bond donors (Lipinski definition) is 1. The van der Waals surface area contributed by atoms with Gasteiger partial charge in [-0.3, -0.25) is 0 Å². The molecule has 0 amide bonds. The lowest BCUT2D eigenvalue weighted by Gasteiger charge is -2.04. The number of nitrogens with two attached hydrogens (primary N) is 1. The lowest BCUT2D eigenvalue weighted by atomic mass is 10.0. The van der Waals surface area contributed by atoms with Gasteiger partial charge >= 0.3 is 0 Å². The first-order chi connectivity index (χ1) is 8.77. The topological polar surface area (TPSA) is 26.0 Å². The van der Waals surface area contributed by atoms with Crippen LogP contribution in [0.5, 0.6) is 0 Å². The molecular weight excluding hydrogens is 218 g/mol. The molecule has 0 spiro atoms. The molecule has 2 N–H and O–H groups in total. The van der Waals surface area contributed by atoms with Gasteiger partial charge in [-0.25, -0.2) is 0 Å². The fraction of sp³-hybridized carbons (Fsp3) is 0.941. The molecule has 0 aromatic heterocycles. The van der Waals surface area contributed by atoms with Gasteiger partial charge in [0, 0.05) is 6.04 Å². The molecule has 0 saturated carbocycles. The van der Waals surface area contributed by atoms with Gasteiger partial charge in [0.25, 0.3) is 0 Å². The summed E-state index contributed by atoms with van der Waals surface area (Å²) in [7, 11) is 0. The molecule has 0 aromatic carbocycles. The Kier molecular flexibility index (Phi) is 15.0. The highest BCUT2D eigenvalue weighted by Crippen LogP contribution is 2.12. The second-order valence-electron chi connectivity index (χ2n) is 5.79. The summed E-state index contributed by atoms with van der Waals surface area (Å²) in [6.45, 7) is 6.09. The smallest absolute Gasteiger partial charge is 0.00394 e. The standard InChI is InChI=1S/C17H36N/c1-3-4-5-6-7-8-9-10-11-12-13-14-15-16-17(2)18/h17H,2-16,18H2,1H3. The van der Waals surface area contributed by atoms with Crippen LogP contribution in [0.15, 0.2) is 0 Å². The van der Waals surface area contributed by atoms with Crippen molar-refractivity contribution in [3.05, 3.63) is 6.92 Å². The van der Waals surface area contributed by atoms with E-state index in [4.69, 9.17) is 5.73 Å². The number of hydrogen-bond acceptors (Lipinski definition) is 1. The van der Waals surface area contributed by atoms with Crippen molar-refractivity contribution < 1.29 is 0 Å². The molecule has 0 bridgehead atoms. The minimum absolute atomic E-state index is 0.151. The highest BCUT2D eigenvalue weighted by atomic mass is 14.6. The van der Waals surface area contributed by atoms with E-state index in [-0.39, 0.29) is 6.04 Å². The van der Waals surface area contributed by atoms with Crippen molar-refractivity contribution in [2.24, 2.45) is 5.73 Å². The summed E-state index contributed by atoms with van der Waals surface area (Å²) < 4.78 is 0. The van der Waals surface area contributed by atoms with Crippen LogP contribution in [0.2, 0.25) is 0 Å². The van der Waals surface area contributed by atoms with Gasteiger partial charge in [0.1, 0.15) is 0 Å². The predicted molar refractivity (Wildman–Crippen MR) is 83.6 cm³/mol. The van der Waals surface area contributed by atoms with Crippen LogP contribution in [-0.2, 0) is 0 Å². The Morgan fingerprint density at radius 2 is 1.00 bits per heavy atom. The van der Waals surface area contributed by atoms with Crippen molar-refractivity contribution in [3.8, 4) is 0 Å². The normalized spacial score (nSPS) is 12.8. The Bertz CT molecular complexity index is 143. The van der Waals surface area contributed by atoms with E-state index in [1.165, 1.54) is 83.5 Å². The van der Waals surface area contributed by atoms with Gasteiger partial charge in [0.2, 0.25) is 0 Å². The molecule has 1 unspecified atom stereocenters. The molecule has 1 atom stereocenters. The maximum Gasteiger partial charge on any atom is 0.00394 e. The third kappa shape index (κ3) is 16.0. The lowest BCUT2D eigenvalue weighted by Crippen LogP contribution is -2.14.